The van der Waals surface area contributed by atoms with E-state index in [-0.39, 0.29) is 0 Å². The molecule has 0 bridgehead atoms. The molecule has 0 aliphatic heterocycles. The number of halogens is 1. The fraction of sp³-hybridized carbons (Fsp3) is 0.588. The maximum atomic E-state index is 11.8. The van der Waals surface area contributed by atoms with Crippen LogP contribution in [0.5, 0.6) is 0 Å². The SMILES string of the molecule is CCCCCCCCCC(=O)CSc1ccc(Br)cc1. The molecule has 20 heavy (non-hydrogen) atoms. The van der Waals surface area contributed by atoms with E-state index in [9.17, 15) is 4.79 Å². The van der Waals surface area contributed by atoms with Crippen LogP contribution >= 0.6 is 27.7 Å². The molecule has 0 amide bonds. The predicted molar refractivity (Wildman–Crippen MR) is 92.5 cm³/mol. The number of ketones is 1. The highest BCUT2D eigenvalue weighted by Crippen LogP contribution is 2.21. The molecule has 1 aromatic rings. The minimum Gasteiger partial charge on any atom is -0.299 e. The first-order valence-corrected chi connectivity index (χ1v) is 9.40. The molecule has 0 radical (unpaired) electrons. The van der Waals surface area contributed by atoms with Crippen molar-refractivity contribution in [2.45, 2.75) is 63.2 Å². The van der Waals surface area contributed by atoms with Crippen LogP contribution in [-0.4, -0.2) is 11.5 Å². The summed E-state index contributed by atoms with van der Waals surface area (Å²) in [6, 6.07) is 8.14. The van der Waals surface area contributed by atoms with Crippen molar-refractivity contribution in [2.75, 3.05) is 5.75 Å². The maximum Gasteiger partial charge on any atom is 0.143 e. The molecule has 1 aromatic carbocycles. The second-order valence-corrected chi connectivity index (χ2v) is 7.12. The number of Topliss-reactive ketones (excluding diaryl/α,β-unsaturated/α-hetero) is 1. The molecule has 1 rings (SSSR count). The van der Waals surface area contributed by atoms with E-state index in [1.807, 2.05) is 12.1 Å². The average molecular weight is 357 g/mol. The molecule has 0 aromatic heterocycles. The third-order valence-corrected chi connectivity index (χ3v) is 4.87. The van der Waals surface area contributed by atoms with Gasteiger partial charge in [-0.2, -0.15) is 0 Å². The minimum atomic E-state index is 0.381. The summed E-state index contributed by atoms with van der Waals surface area (Å²) in [5.41, 5.74) is 0. The molecule has 0 aliphatic carbocycles. The van der Waals surface area contributed by atoms with Crippen molar-refractivity contribution in [3.05, 3.63) is 28.7 Å². The van der Waals surface area contributed by atoms with Crippen LogP contribution < -0.4 is 0 Å². The third kappa shape index (κ3) is 8.80. The number of carbonyl (C=O) groups is 1. The molecule has 0 spiro atoms. The van der Waals surface area contributed by atoms with E-state index in [0.717, 1.165) is 17.3 Å². The second kappa shape index (κ2) is 11.4. The number of unbranched alkanes of at least 4 members (excludes halogenated alkanes) is 6. The Kier molecular flexibility index (Phi) is 10.1. The second-order valence-electron chi connectivity index (χ2n) is 5.15. The minimum absolute atomic E-state index is 0.381. The van der Waals surface area contributed by atoms with Crippen molar-refractivity contribution in [3.63, 3.8) is 0 Å². The van der Waals surface area contributed by atoms with E-state index in [0.29, 0.717) is 11.5 Å². The summed E-state index contributed by atoms with van der Waals surface area (Å²) >= 11 is 5.06. The number of carbonyl (C=O) groups excluding carboxylic acids is 1. The van der Waals surface area contributed by atoms with Gasteiger partial charge >= 0.3 is 0 Å². The van der Waals surface area contributed by atoms with Gasteiger partial charge < -0.3 is 0 Å². The van der Waals surface area contributed by atoms with Crippen molar-refractivity contribution in [1.29, 1.82) is 0 Å². The summed E-state index contributed by atoms with van der Waals surface area (Å²) in [4.78, 5) is 13.0. The van der Waals surface area contributed by atoms with E-state index in [2.05, 4.69) is 35.0 Å². The number of hydrogen-bond donors (Lipinski definition) is 0. The van der Waals surface area contributed by atoms with Gasteiger partial charge in [0.1, 0.15) is 5.78 Å². The number of thioether (sulfide) groups is 1. The first-order valence-electron chi connectivity index (χ1n) is 7.62. The summed E-state index contributed by atoms with van der Waals surface area (Å²) < 4.78 is 1.08. The summed E-state index contributed by atoms with van der Waals surface area (Å²) in [5.74, 6) is 0.990. The predicted octanol–water partition coefficient (Wildman–Crippen LogP) is 6.25. The van der Waals surface area contributed by atoms with Gasteiger partial charge in [-0.25, -0.2) is 0 Å². The Morgan fingerprint density at radius 1 is 1.00 bits per heavy atom. The van der Waals surface area contributed by atoms with Gasteiger partial charge in [0, 0.05) is 15.8 Å². The van der Waals surface area contributed by atoms with E-state index >= 15 is 0 Å². The standard InChI is InChI=1S/C17H25BrOS/c1-2-3-4-5-6-7-8-9-16(19)14-20-17-12-10-15(18)11-13-17/h10-13H,2-9,14H2,1H3. The van der Waals surface area contributed by atoms with Gasteiger partial charge in [0.05, 0.1) is 5.75 Å². The van der Waals surface area contributed by atoms with Crippen LogP contribution in [-0.2, 0) is 4.79 Å². The molecule has 0 unspecified atom stereocenters. The van der Waals surface area contributed by atoms with E-state index in [1.54, 1.807) is 11.8 Å². The van der Waals surface area contributed by atoms with Crippen LogP contribution in [0.3, 0.4) is 0 Å². The van der Waals surface area contributed by atoms with Crippen molar-refractivity contribution in [3.8, 4) is 0 Å². The monoisotopic (exact) mass is 356 g/mol. The van der Waals surface area contributed by atoms with Crippen LogP contribution in [0, 0.1) is 0 Å². The molecule has 112 valence electrons. The molecule has 0 fully saturated rings. The Bertz CT molecular complexity index is 375. The zero-order valence-electron chi connectivity index (χ0n) is 12.4. The van der Waals surface area contributed by atoms with Crippen molar-refractivity contribution in [2.24, 2.45) is 0 Å². The lowest BCUT2D eigenvalue weighted by Gasteiger charge is -2.03. The molecule has 3 heteroatoms. The smallest absolute Gasteiger partial charge is 0.143 e. The van der Waals surface area contributed by atoms with E-state index in [4.69, 9.17) is 0 Å². The Balaban J connectivity index is 2.01. The summed E-state index contributed by atoms with van der Waals surface area (Å²) in [6.45, 7) is 2.24. The Hall–Kier alpha value is -0.280. The number of benzene rings is 1. The zero-order chi connectivity index (χ0) is 14.6. The lowest BCUT2D eigenvalue weighted by atomic mass is 10.1. The largest absolute Gasteiger partial charge is 0.299 e. The summed E-state index contributed by atoms with van der Waals surface area (Å²) in [5, 5.41) is 0. The molecule has 0 heterocycles. The van der Waals surface area contributed by atoms with Gasteiger partial charge in [0.15, 0.2) is 0 Å². The van der Waals surface area contributed by atoms with Crippen molar-refractivity contribution >= 4 is 33.5 Å². The van der Waals surface area contributed by atoms with Crippen LogP contribution in [0.1, 0.15) is 58.3 Å². The summed E-state index contributed by atoms with van der Waals surface area (Å²) in [6.07, 6.45) is 9.63. The van der Waals surface area contributed by atoms with E-state index < -0.39 is 0 Å². The molecular formula is C17H25BrOS. The van der Waals surface area contributed by atoms with Crippen LogP contribution in [0.15, 0.2) is 33.6 Å². The van der Waals surface area contributed by atoms with Gasteiger partial charge in [-0.3, -0.25) is 4.79 Å². The molecule has 0 atom stereocenters. The van der Waals surface area contributed by atoms with Crippen LogP contribution in [0.4, 0.5) is 0 Å². The molecule has 0 aliphatic rings. The van der Waals surface area contributed by atoms with Crippen molar-refractivity contribution < 1.29 is 4.79 Å². The van der Waals surface area contributed by atoms with Gasteiger partial charge in [-0.1, -0.05) is 61.4 Å². The maximum absolute atomic E-state index is 11.8. The van der Waals surface area contributed by atoms with E-state index in [1.165, 1.54) is 43.4 Å². The van der Waals surface area contributed by atoms with Gasteiger partial charge in [-0.15, -0.1) is 11.8 Å². The fourth-order valence-electron chi connectivity index (χ4n) is 2.05. The normalized spacial score (nSPS) is 10.7. The van der Waals surface area contributed by atoms with Crippen LogP contribution in [0.25, 0.3) is 0 Å². The lowest BCUT2D eigenvalue weighted by Crippen LogP contribution is -2.00. The highest BCUT2D eigenvalue weighted by molar-refractivity contribution is 9.10. The number of hydrogen-bond acceptors (Lipinski definition) is 2. The van der Waals surface area contributed by atoms with Gasteiger partial charge in [-0.05, 0) is 30.7 Å². The summed E-state index contributed by atoms with van der Waals surface area (Å²) in [7, 11) is 0. The Labute approximate surface area is 136 Å². The Morgan fingerprint density at radius 3 is 2.25 bits per heavy atom. The first-order chi connectivity index (χ1) is 9.72. The van der Waals surface area contributed by atoms with Gasteiger partial charge in [0.2, 0.25) is 0 Å². The van der Waals surface area contributed by atoms with Crippen molar-refractivity contribution in [1.82, 2.24) is 0 Å². The molecule has 0 N–H and O–H groups in total. The molecule has 0 saturated carbocycles. The Morgan fingerprint density at radius 2 is 1.60 bits per heavy atom. The quantitative estimate of drug-likeness (QED) is 0.344. The molecule has 0 saturated heterocycles. The lowest BCUT2D eigenvalue weighted by molar-refractivity contribution is -0.116. The van der Waals surface area contributed by atoms with Gasteiger partial charge in [0.25, 0.3) is 0 Å². The zero-order valence-corrected chi connectivity index (χ0v) is 14.8. The topological polar surface area (TPSA) is 17.1 Å². The highest BCUT2D eigenvalue weighted by Gasteiger charge is 2.03. The first kappa shape index (κ1) is 17.8. The molecular weight excluding hydrogens is 332 g/mol. The molecule has 1 nitrogen and oxygen atoms in total. The third-order valence-electron chi connectivity index (χ3n) is 3.27. The van der Waals surface area contributed by atoms with Crippen LogP contribution in [0.2, 0.25) is 0 Å². The highest BCUT2D eigenvalue weighted by atomic mass is 79.9. The number of rotatable bonds is 11. The average Bonchev–Trinajstić information content (AvgIpc) is 2.46. The fourth-order valence-corrected chi connectivity index (χ4v) is 3.11.